The molecule has 1 rings (SSSR count). The Labute approximate surface area is 84.0 Å². The van der Waals surface area contributed by atoms with Crippen molar-refractivity contribution >= 4 is 12.0 Å². The lowest BCUT2D eigenvalue weighted by atomic mass is 10.1. The van der Waals surface area contributed by atoms with Crippen molar-refractivity contribution in [2.45, 2.75) is 6.92 Å². The van der Waals surface area contributed by atoms with Gasteiger partial charge in [0.05, 0.1) is 6.61 Å². The van der Waals surface area contributed by atoms with Crippen LogP contribution >= 0.6 is 0 Å². The smallest absolute Gasteiger partial charge is 0.150 e. The maximum absolute atomic E-state index is 10.6. The first-order chi connectivity index (χ1) is 6.69. The van der Waals surface area contributed by atoms with Gasteiger partial charge < -0.3 is 10.0 Å². The molecule has 14 heavy (non-hydrogen) atoms. The van der Waals surface area contributed by atoms with Gasteiger partial charge in [-0.25, -0.2) is 0 Å². The fourth-order valence-electron chi connectivity index (χ4n) is 1.31. The van der Waals surface area contributed by atoms with Crippen molar-refractivity contribution in [3.8, 4) is 0 Å². The van der Waals surface area contributed by atoms with Gasteiger partial charge in [0.25, 0.3) is 0 Å². The Kier molecular flexibility index (Phi) is 3.65. The van der Waals surface area contributed by atoms with E-state index in [1.54, 1.807) is 6.07 Å². The Balaban J connectivity index is 2.90. The minimum absolute atomic E-state index is 0.130. The first kappa shape index (κ1) is 10.7. The van der Waals surface area contributed by atoms with Gasteiger partial charge in [-0.15, -0.1) is 0 Å². The second kappa shape index (κ2) is 4.77. The van der Waals surface area contributed by atoms with Crippen LogP contribution in [0.5, 0.6) is 0 Å². The van der Waals surface area contributed by atoms with Gasteiger partial charge >= 0.3 is 0 Å². The highest BCUT2D eigenvalue weighted by molar-refractivity contribution is 5.78. The number of aliphatic hydroxyl groups is 1. The number of hydrogen-bond acceptors (Lipinski definition) is 3. The Morgan fingerprint density at radius 2 is 2.21 bits per heavy atom. The summed E-state index contributed by atoms with van der Waals surface area (Å²) in [6.45, 7) is 2.63. The molecule has 3 nitrogen and oxygen atoms in total. The molecule has 1 aromatic rings. The molecule has 0 bridgehead atoms. The molecule has 0 radical (unpaired) electrons. The standard InChI is InChI=1S/C11H15NO2/c1-9-7-11(12(2)5-6-13)4-3-10(9)8-14/h3-4,7-8,13H,5-6H2,1-2H3. The molecule has 0 fully saturated rings. The summed E-state index contributed by atoms with van der Waals surface area (Å²) in [5, 5.41) is 8.77. The van der Waals surface area contributed by atoms with Crippen LogP contribution in [-0.2, 0) is 0 Å². The molecule has 1 N–H and O–H groups in total. The van der Waals surface area contributed by atoms with Gasteiger partial charge in [0.2, 0.25) is 0 Å². The van der Waals surface area contributed by atoms with Crippen molar-refractivity contribution in [2.24, 2.45) is 0 Å². The summed E-state index contributed by atoms with van der Waals surface area (Å²) in [6, 6.07) is 5.62. The SMILES string of the molecule is Cc1cc(N(C)CCO)ccc1C=O. The molecule has 1 aromatic carbocycles. The van der Waals surface area contributed by atoms with Gasteiger partial charge in [0.15, 0.2) is 0 Å². The van der Waals surface area contributed by atoms with E-state index in [0.29, 0.717) is 12.1 Å². The number of nitrogens with zero attached hydrogens (tertiary/aromatic N) is 1. The third-order valence-corrected chi connectivity index (χ3v) is 2.26. The molecule has 0 heterocycles. The lowest BCUT2D eigenvalue weighted by Crippen LogP contribution is -2.21. The number of anilines is 1. The zero-order valence-electron chi connectivity index (χ0n) is 8.53. The molecular weight excluding hydrogens is 178 g/mol. The molecule has 0 aliphatic carbocycles. The van der Waals surface area contributed by atoms with Gasteiger partial charge in [-0.3, -0.25) is 4.79 Å². The lowest BCUT2D eigenvalue weighted by molar-refractivity contribution is 0.112. The largest absolute Gasteiger partial charge is 0.395 e. The number of rotatable bonds is 4. The van der Waals surface area contributed by atoms with Crippen LogP contribution in [0.4, 0.5) is 5.69 Å². The van der Waals surface area contributed by atoms with Crippen molar-refractivity contribution in [3.63, 3.8) is 0 Å². The average molecular weight is 193 g/mol. The van der Waals surface area contributed by atoms with Gasteiger partial charge in [-0.1, -0.05) is 0 Å². The zero-order valence-corrected chi connectivity index (χ0v) is 8.53. The average Bonchev–Trinajstić information content (AvgIpc) is 2.18. The van der Waals surface area contributed by atoms with Crippen molar-refractivity contribution in [3.05, 3.63) is 29.3 Å². The fraction of sp³-hybridized carbons (Fsp3) is 0.364. The summed E-state index contributed by atoms with van der Waals surface area (Å²) in [7, 11) is 1.91. The predicted octanol–water partition coefficient (Wildman–Crippen LogP) is 1.24. The van der Waals surface area contributed by atoms with E-state index in [4.69, 9.17) is 5.11 Å². The second-order valence-electron chi connectivity index (χ2n) is 3.30. The third-order valence-electron chi connectivity index (χ3n) is 2.26. The number of hydrogen-bond donors (Lipinski definition) is 1. The monoisotopic (exact) mass is 193 g/mol. The minimum atomic E-state index is 0.130. The zero-order chi connectivity index (χ0) is 10.6. The number of aryl methyl sites for hydroxylation is 1. The van der Waals surface area contributed by atoms with Crippen molar-refractivity contribution in [1.82, 2.24) is 0 Å². The highest BCUT2D eigenvalue weighted by Gasteiger charge is 2.02. The van der Waals surface area contributed by atoms with Crippen LogP contribution < -0.4 is 4.90 Å². The molecule has 0 atom stereocenters. The number of benzene rings is 1. The van der Waals surface area contributed by atoms with E-state index in [9.17, 15) is 4.79 Å². The van der Waals surface area contributed by atoms with Crippen molar-refractivity contribution in [2.75, 3.05) is 25.1 Å². The van der Waals surface area contributed by atoms with Gasteiger partial charge in [0, 0.05) is 24.8 Å². The van der Waals surface area contributed by atoms with Crippen molar-refractivity contribution < 1.29 is 9.90 Å². The minimum Gasteiger partial charge on any atom is -0.395 e. The molecule has 0 aliphatic heterocycles. The molecule has 0 saturated carbocycles. The van der Waals surface area contributed by atoms with E-state index in [2.05, 4.69) is 0 Å². The quantitative estimate of drug-likeness (QED) is 0.731. The van der Waals surface area contributed by atoms with Crippen LogP contribution in [0, 0.1) is 6.92 Å². The van der Waals surface area contributed by atoms with E-state index in [-0.39, 0.29) is 6.61 Å². The molecule has 3 heteroatoms. The van der Waals surface area contributed by atoms with E-state index in [1.165, 1.54) is 0 Å². The van der Waals surface area contributed by atoms with Crippen LogP contribution in [0.1, 0.15) is 15.9 Å². The maximum atomic E-state index is 10.6. The molecule has 0 saturated heterocycles. The Morgan fingerprint density at radius 3 is 2.71 bits per heavy atom. The van der Waals surface area contributed by atoms with Gasteiger partial charge in [-0.05, 0) is 30.7 Å². The number of aldehydes is 1. The summed E-state index contributed by atoms with van der Waals surface area (Å²) in [5.74, 6) is 0. The van der Waals surface area contributed by atoms with Crippen molar-refractivity contribution in [1.29, 1.82) is 0 Å². The number of likely N-dealkylation sites (N-methyl/N-ethyl adjacent to an activating group) is 1. The molecule has 0 unspecified atom stereocenters. The van der Waals surface area contributed by atoms with Crippen LogP contribution in [0.2, 0.25) is 0 Å². The lowest BCUT2D eigenvalue weighted by Gasteiger charge is -2.18. The maximum Gasteiger partial charge on any atom is 0.150 e. The normalized spacial score (nSPS) is 9.93. The summed E-state index contributed by atoms with van der Waals surface area (Å²) in [4.78, 5) is 12.5. The van der Waals surface area contributed by atoms with E-state index in [0.717, 1.165) is 17.5 Å². The predicted molar refractivity (Wildman–Crippen MR) is 56.9 cm³/mol. The van der Waals surface area contributed by atoms with E-state index >= 15 is 0 Å². The Bertz CT molecular complexity index is 323. The van der Waals surface area contributed by atoms with Crippen LogP contribution in [0.15, 0.2) is 18.2 Å². The summed E-state index contributed by atoms with van der Waals surface area (Å²) in [6.07, 6.45) is 0.852. The summed E-state index contributed by atoms with van der Waals surface area (Å²) in [5.41, 5.74) is 2.69. The molecular formula is C11H15NO2. The van der Waals surface area contributed by atoms with E-state index < -0.39 is 0 Å². The summed E-state index contributed by atoms with van der Waals surface area (Å²) < 4.78 is 0. The topological polar surface area (TPSA) is 40.5 Å². The second-order valence-corrected chi connectivity index (χ2v) is 3.30. The first-order valence-electron chi connectivity index (χ1n) is 4.57. The highest BCUT2D eigenvalue weighted by atomic mass is 16.3. The molecule has 0 aromatic heterocycles. The summed E-state index contributed by atoms with van der Waals surface area (Å²) >= 11 is 0. The van der Waals surface area contributed by atoms with Crippen LogP contribution in [0.25, 0.3) is 0 Å². The van der Waals surface area contributed by atoms with Crippen LogP contribution in [-0.4, -0.2) is 31.6 Å². The Morgan fingerprint density at radius 1 is 1.50 bits per heavy atom. The molecule has 0 amide bonds. The van der Waals surface area contributed by atoms with Crippen LogP contribution in [0.3, 0.4) is 0 Å². The highest BCUT2D eigenvalue weighted by Crippen LogP contribution is 2.16. The van der Waals surface area contributed by atoms with Gasteiger partial charge in [0.1, 0.15) is 6.29 Å². The third kappa shape index (κ3) is 2.33. The number of aliphatic hydroxyl groups excluding tert-OH is 1. The molecule has 0 spiro atoms. The Hall–Kier alpha value is -1.35. The molecule has 0 aliphatic rings. The number of carbonyl (C=O) groups excluding carboxylic acids is 1. The fourth-order valence-corrected chi connectivity index (χ4v) is 1.31. The van der Waals surface area contributed by atoms with E-state index in [1.807, 2.05) is 31.0 Å². The van der Waals surface area contributed by atoms with Gasteiger partial charge in [-0.2, -0.15) is 0 Å². The number of carbonyl (C=O) groups is 1. The first-order valence-corrected chi connectivity index (χ1v) is 4.57. The molecule has 76 valence electrons.